The van der Waals surface area contributed by atoms with Crippen LogP contribution in [-0.2, 0) is 68.0 Å². The number of rotatable bonds is 12. The molecule has 0 radical (unpaired) electrons. The Morgan fingerprint density at radius 1 is 0.254 bits per heavy atom. The lowest BCUT2D eigenvalue weighted by molar-refractivity contribution is -0.662. The number of halogens is 6. The zero-order valence-corrected chi connectivity index (χ0v) is 87.6. The highest BCUT2D eigenvalue weighted by molar-refractivity contribution is 7.26. The number of para-hydroxylation sites is 2. The Balaban J connectivity index is 0.000000129. The molecule has 0 aliphatic heterocycles. The molecule has 12 aromatic carbocycles. The molecule has 20 rings (SSSR count). The predicted molar refractivity (Wildman–Crippen MR) is 572 cm³/mol. The summed E-state index contributed by atoms with van der Waals surface area (Å²) in [6.45, 7) is 35.7. The maximum Gasteiger partial charge on any atom is 0.394 e. The molecular formula is C122H128F6N12S2+6. The van der Waals surface area contributed by atoms with Gasteiger partial charge < -0.3 is 0 Å². The van der Waals surface area contributed by atoms with Gasteiger partial charge in [-0.25, -0.2) is 27.4 Å². The number of aryl methyl sites for hydroxylation is 14. The molecule has 0 unspecified atom stereocenters. The summed E-state index contributed by atoms with van der Waals surface area (Å²) in [5.74, 6) is 0. The Morgan fingerprint density at radius 2 is 0.606 bits per heavy atom. The van der Waals surface area contributed by atoms with Gasteiger partial charge in [0.05, 0.1) is 74.7 Å². The van der Waals surface area contributed by atoms with E-state index < -0.39 is 23.2 Å². The number of fused-ring (bicyclic) bond motifs is 10. The van der Waals surface area contributed by atoms with E-state index in [1.807, 2.05) is 158 Å². The van der Waals surface area contributed by atoms with E-state index in [1.165, 1.54) is 158 Å². The Hall–Kier alpha value is -13.8. The van der Waals surface area contributed by atoms with Gasteiger partial charge in [-0.15, -0.1) is 22.7 Å². The van der Waals surface area contributed by atoms with Crippen molar-refractivity contribution in [2.24, 2.45) is 63.9 Å². The molecule has 0 fully saturated rings. The molecular weight excluding hydrogens is 1810 g/mol. The number of benzene rings is 12. The van der Waals surface area contributed by atoms with Crippen LogP contribution in [0.3, 0.4) is 0 Å². The zero-order valence-electron chi connectivity index (χ0n) is 86.0. The molecule has 0 N–H and O–H groups in total. The maximum atomic E-state index is 13.5. The highest BCUT2D eigenvalue weighted by Crippen LogP contribution is 2.47. The first-order valence-electron chi connectivity index (χ1n) is 48.2. The van der Waals surface area contributed by atoms with E-state index in [0.29, 0.717) is 22.2 Å². The van der Waals surface area contributed by atoms with E-state index in [-0.39, 0.29) is 23.7 Å². The number of nitrogens with zero attached hydrogens (tertiary/aromatic N) is 12. The fraction of sp³-hybridized carbons (Fsp3) is 0.279. The molecule has 0 atom stereocenters. The van der Waals surface area contributed by atoms with Gasteiger partial charge in [-0.1, -0.05) is 263 Å². The lowest BCUT2D eigenvalue weighted by Gasteiger charge is -2.28. The van der Waals surface area contributed by atoms with Gasteiger partial charge in [0.15, 0.2) is 33.5 Å². The number of hydrogen-bond acceptors (Lipinski definition) is 8. The molecule has 0 saturated heterocycles. The average molecular weight is 1940 g/mol. The number of aromatic nitrogens is 12. The van der Waals surface area contributed by atoms with Crippen molar-refractivity contribution in [2.75, 3.05) is 0 Å². The molecule has 142 heavy (non-hydrogen) atoms. The molecule has 20 heteroatoms. The summed E-state index contributed by atoms with van der Waals surface area (Å²) in [5, 5.41) is 6.58. The SMILES string of the molecule is Cc1ccc(CC(C)(C)C)cc1-c1c2ccccc2nc[n+]1C.Cc1ccc2c(c1)sc1c(-c3ccccc3C)[n+](C)cnc12.Cc1ccccc1-c1c2c(CC(C)(C)C(F)(F)F)cccc2nc[n+]1C.Cc1ccccc1-c1c2cc(CC(C)(C)C)ccc2nc[n+]1C.Cc1ccccc1-c1c2cccc(CC(C)(C)C(F)(F)F)c2nc[n+]1C.Cc1ccccc1-c1c2sc3c(C)cccc3c2nc[n+]1C. The third kappa shape index (κ3) is 22.4. The summed E-state index contributed by atoms with van der Waals surface area (Å²) in [6.07, 6.45) is 4.45. The average Bonchev–Trinajstić information content (AvgIpc) is 1.55. The topological polar surface area (TPSA) is 101 Å². The van der Waals surface area contributed by atoms with Crippen LogP contribution in [0.2, 0.25) is 0 Å². The van der Waals surface area contributed by atoms with Crippen LogP contribution in [0.5, 0.6) is 0 Å². The van der Waals surface area contributed by atoms with E-state index in [0.717, 1.165) is 79.3 Å². The second-order valence-corrected chi connectivity index (χ2v) is 43.6. The van der Waals surface area contributed by atoms with Crippen LogP contribution in [0.4, 0.5) is 26.3 Å². The molecule has 8 aromatic heterocycles. The number of thiophene rings is 2. The predicted octanol–water partition coefficient (Wildman–Crippen LogP) is 28.7. The highest BCUT2D eigenvalue weighted by Gasteiger charge is 2.49. The molecule has 12 nitrogen and oxygen atoms in total. The summed E-state index contributed by atoms with van der Waals surface area (Å²) in [6, 6.07) is 87.4. The van der Waals surface area contributed by atoms with Crippen molar-refractivity contribution in [2.45, 2.75) is 163 Å². The van der Waals surface area contributed by atoms with Gasteiger partial charge in [0.25, 0.3) is 38.0 Å². The van der Waals surface area contributed by atoms with Crippen molar-refractivity contribution in [1.82, 2.24) is 29.9 Å². The van der Waals surface area contributed by atoms with Crippen molar-refractivity contribution in [1.29, 1.82) is 0 Å². The summed E-state index contributed by atoms with van der Waals surface area (Å²) >= 11 is 3.69. The first kappa shape index (κ1) is 103. The van der Waals surface area contributed by atoms with Gasteiger partial charge in [-0.2, -0.15) is 26.3 Å². The van der Waals surface area contributed by atoms with Crippen molar-refractivity contribution in [3.8, 4) is 67.5 Å². The lowest BCUT2D eigenvalue weighted by Crippen LogP contribution is -2.35. The maximum absolute atomic E-state index is 13.5. The Kier molecular flexibility index (Phi) is 30.2. The van der Waals surface area contributed by atoms with Gasteiger partial charge in [0.1, 0.15) is 32.2 Å². The van der Waals surface area contributed by atoms with Crippen LogP contribution in [-0.4, -0.2) is 42.3 Å². The van der Waals surface area contributed by atoms with Gasteiger partial charge in [0.2, 0.25) is 11.0 Å². The van der Waals surface area contributed by atoms with Gasteiger partial charge in [0, 0.05) is 59.1 Å². The van der Waals surface area contributed by atoms with E-state index in [4.69, 9.17) is 4.98 Å². The first-order valence-corrected chi connectivity index (χ1v) is 49.8. The van der Waals surface area contributed by atoms with Crippen LogP contribution >= 0.6 is 22.7 Å². The van der Waals surface area contributed by atoms with E-state index in [9.17, 15) is 26.3 Å². The summed E-state index contributed by atoms with van der Waals surface area (Å²) in [4.78, 5) is 27.4. The molecule has 724 valence electrons. The van der Waals surface area contributed by atoms with Gasteiger partial charge in [-0.05, 0) is 244 Å². The third-order valence-corrected chi connectivity index (χ3v) is 29.0. The smallest absolute Gasteiger partial charge is 0.232 e. The van der Waals surface area contributed by atoms with Gasteiger partial charge in [-0.3, -0.25) is 0 Å². The fourth-order valence-corrected chi connectivity index (χ4v) is 21.5. The molecule has 0 saturated carbocycles. The Labute approximate surface area is 838 Å². The molecule has 0 bridgehead atoms. The Morgan fingerprint density at radius 3 is 1.12 bits per heavy atom. The van der Waals surface area contributed by atoms with Crippen LogP contribution in [0.25, 0.3) is 152 Å². The van der Waals surface area contributed by atoms with Crippen LogP contribution in [0, 0.1) is 77.0 Å². The monoisotopic (exact) mass is 1940 g/mol. The van der Waals surface area contributed by atoms with Crippen molar-refractivity contribution in [3.63, 3.8) is 0 Å². The van der Waals surface area contributed by atoms with Crippen molar-refractivity contribution in [3.05, 3.63) is 360 Å². The minimum atomic E-state index is -4.28. The van der Waals surface area contributed by atoms with E-state index in [1.54, 1.807) is 30.9 Å². The highest BCUT2D eigenvalue weighted by atomic mass is 32.1. The quantitative estimate of drug-likeness (QED) is 0.0892. The van der Waals surface area contributed by atoms with Gasteiger partial charge >= 0.3 is 12.4 Å². The normalized spacial score (nSPS) is 12.0. The van der Waals surface area contributed by atoms with E-state index in [2.05, 4.69) is 318 Å². The molecule has 0 aliphatic rings. The van der Waals surface area contributed by atoms with Crippen LogP contribution in [0.15, 0.2) is 293 Å². The first-order chi connectivity index (χ1) is 67.2. The van der Waals surface area contributed by atoms with Crippen LogP contribution in [0.1, 0.15) is 136 Å². The second-order valence-electron chi connectivity index (χ2n) is 41.5. The fourth-order valence-electron chi connectivity index (χ4n) is 18.8. The van der Waals surface area contributed by atoms with Crippen LogP contribution < -0.4 is 27.4 Å². The zero-order chi connectivity index (χ0) is 102. The standard InChI is InChI=1S/2C21H22F3N2.2C21H25N2.2C19H17N2S/c1-14-8-5-6-10-16(14)19-18-15(12-20(2,3)21(22,23)24)9-7-11-17(18)25-13-26(19)4;1-14-8-5-6-10-16(14)19-17-11-7-9-15(18(17)25-13-26(19)4)12-20(2,3)21(22,23)24;1-15-10-11-16(13-21(2,3)4)12-18(15)20-17-8-6-7-9-19(17)22-14-23(20)5;1-15-8-6-7-9-17(15)20-18-12-16(13-21(2,3)4)10-11-19(18)22-14-23(20)5;1-12-7-4-5-9-14(12)17-19-16(20-11-21(17)3)15-10-6-8-13(2)18(15)22-19;1-12-8-9-15-16(10-12)22-19-17(15)20-11-21(3)18(19)14-7-5-4-6-13(14)2/h2*5-11,13H,12H2,1-4H3;2*6-12,14H,13H2,1-5H3;2*4-11H,1-3H3/q6*+1. The van der Waals surface area contributed by atoms with E-state index >= 15 is 0 Å². The number of alkyl halides is 6. The molecule has 8 heterocycles. The summed E-state index contributed by atoms with van der Waals surface area (Å²) in [7, 11) is 12.1. The molecule has 0 aliphatic carbocycles. The lowest BCUT2D eigenvalue weighted by atomic mass is 9.83. The second kappa shape index (κ2) is 41.8. The summed E-state index contributed by atoms with van der Waals surface area (Å²) in [5.41, 5.74) is 30.6. The molecule has 0 amide bonds. The molecule has 0 spiro atoms. The Bertz CT molecular complexity index is 8120. The third-order valence-electron chi connectivity index (χ3n) is 26.5. The van der Waals surface area contributed by atoms with Crippen molar-refractivity contribution < 1.29 is 53.7 Å². The van der Waals surface area contributed by atoms with Crippen molar-refractivity contribution >= 4 is 107 Å². The largest absolute Gasteiger partial charge is 0.394 e. The minimum absolute atomic E-state index is 0.0988. The molecule has 20 aromatic rings. The minimum Gasteiger partial charge on any atom is -0.232 e. The summed E-state index contributed by atoms with van der Waals surface area (Å²) < 4.78 is 98.0. The number of hydrogen-bond donors (Lipinski definition) is 0.